The standard InChI is InChI=1S/C25H22O5/c1-5-14(4)22(27)21-23(28)20-16(15-9-7-6-8-10-15)12-19(26)30-24(20)17-11-18(13(2)3)29-25(17)21/h6-12,14,28H,2,5H2,1,3-4H3. The van der Waals surface area contributed by atoms with E-state index in [2.05, 4.69) is 6.58 Å². The van der Waals surface area contributed by atoms with Gasteiger partial charge in [-0.1, -0.05) is 50.8 Å². The minimum Gasteiger partial charge on any atom is -0.506 e. The van der Waals surface area contributed by atoms with Crippen LogP contribution in [0.1, 0.15) is 43.3 Å². The number of carbonyl (C=O) groups is 1. The van der Waals surface area contributed by atoms with E-state index in [1.54, 1.807) is 13.0 Å². The number of furan rings is 1. The fraction of sp³-hybridized carbons (Fsp3) is 0.200. The summed E-state index contributed by atoms with van der Waals surface area (Å²) in [4.78, 5) is 25.6. The van der Waals surface area contributed by atoms with E-state index in [9.17, 15) is 14.7 Å². The molecule has 0 spiro atoms. The van der Waals surface area contributed by atoms with Gasteiger partial charge >= 0.3 is 5.63 Å². The maximum atomic E-state index is 13.2. The molecule has 0 saturated heterocycles. The van der Waals surface area contributed by atoms with Crippen molar-refractivity contribution in [3.63, 3.8) is 0 Å². The second-order valence-corrected chi connectivity index (χ2v) is 7.58. The fourth-order valence-corrected chi connectivity index (χ4v) is 3.61. The number of ketones is 1. The third-order valence-corrected chi connectivity index (χ3v) is 5.45. The van der Waals surface area contributed by atoms with Gasteiger partial charge in [-0.05, 0) is 30.5 Å². The predicted octanol–water partition coefficient (Wildman–Crippen LogP) is 6.17. The Balaban J connectivity index is 2.23. The average Bonchev–Trinajstić information content (AvgIpc) is 3.18. The lowest BCUT2D eigenvalue weighted by Crippen LogP contribution is -2.11. The number of rotatable bonds is 5. The summed E-state index contributed by atoms with van der Waals surface area (Å²) in [6.07, 6.45) is 0.612. The Morgan fingerprint density at radius 2 is 1.83 bits per heavy atom. The first-order valence-electron chi connectivity index (χ1n) is 9.85. The van der Waals surface area contributed by atoms with Crippen molar-refractivity contribution in [2.75, 3.05) is 0 Å². The third kappa shape index (κ3) is 3.03. The number of phenols is 1. The van der Waals surface area contributed by atoms with Crippen molar-refractivity contribution in [1.82, 2.24) is 0 Å². The highest BCUT2D eigenvalue weighted by Crippen LogP contribution is 2.44. The molecular weight excluding hydrogens is 380 g/mol. The van der Waals surface area contributed by atoms with Crippen LogP contribution in [-0.2, 0) is 0 Å². The van der Waals surface area contributed by atoms with Gasteiger partial charge in [0.25, 0.3) is 0 Å². The van der Waals surface area contributed by atoms with Crippen molar-refractivity contribution in [2.45, 2.75) is 27.2 Å². The largest absolute Gasteiger partial charge is 0.506 e. The monoisotopic (exact) mass is 402 g/mol. The van der Waals surface area contributed by atoms with Gasteiger partial charge in [0.2, 0.25) is 0 Å². The summed E-state index contributed by atoms with van der Waals surface area (Å²) in [5, 5.41) is 12.1. The number of allylic oxidation sites excluding steroid dienone is 1. The highest BCUT2D eigenvalue weighted by molar-refractivity contribution is 6.21. The highest BCUT2D eigenvalue weighted by Gasteiger charge is 2.29. The van der Waals surface area contributed by atoms with E-state index in [0.717, 1.165) is 5.56 Å². The van der Waals surface area contributed by atoms with Crippen LogP contribution < -0.4 is 5.63 Å². The zero-order chi connectivity index (χ0) is 21.6. The molecule has 2 heterocycles. The molecule has 0 aliphatic carbocycles. The molecule has 5 heteroatoms. The number of hydrogen-bond acceptors (Lipinski definition) is 5. The average molecular weight is 402 g/mol. The molecule has 5 nitrogen and oxygen atoms in total. The summed E-state index contributed by atoms with van der Waals surface area (Å²) >= 11 is 0. The Labute approximate surface area is 173 Å². The summed E-state index contributed by atoms with van der Waals surface area (Å²) < 4.78 is 11.4. The van der Waals surface area contributed by atoms with E-state index in [-0.39, 0.29) is 34.2 Å². The molecule has 1 N–H and O–H groups in total. The first-order chi connectivity index (χ1) is 14.3. The molecule has 0 aliphatic heterocycles. The van der Waals surface area contributed by atoms with Crippen LogP contribution in [0.15, 0.2) is 62.7 Å². The van der Waals surface area contributed by atoms with Crippen LogP contribution in [0.4, 0.5) is 0 Å². The Kier molecular flexibility index (Phi) is 4.82. The van der Waals surface area contributed by atoms with Crippen LogP contribution >= 0.6 is 0 Å². The number of Topliss-reactive ketones (excluding diaryl/α,β-unsaturated/α-hetero) is 1. The highest BCUT2D eigenvalue weighted by atomic mass is 16.4. The van der Waals surface area contributed by atoms with E-state index >= 15 is 0 Å². The van der Waals surface area contributed by atoms with Gasteiger partial charge in [-0.3, -0.25) is 4.79 Å². The van der Waals surface area contributed by atoms with E-state index in [1.165, 1.54) is 6.07 Å². The summed E-state index contributed by atoms with van der Waals surface area (Å²) in [5.74, 6) is -0.323. The zero-order valence-corrected chi connectivity index (χ0v) is 17.1. The Morgan fingerprint density at radius 3 is 2.47 bits per heavy atom. The minimum absolute atomic E-state index is 0.102. The lowest BCUT2D eigenvalue weighted by atomic mass is 9.91. The van der Waals surface area contributed by atoms with Gasteiger partial charge in [-0.25, -0.2) is 4.79 Å². The number of fused-ring (bicyclic) bond motifs is 3. The van der Waals surface area contributed by atoms with Crippen molar-refractivity contribution in [3.8, 4) is 16.9 Å². The molecule has 0 amide bonds. The molecular formula is C25H22O5. The van der Waals surface area contributed by atoms with E-state index in [4.69, 9.17) is 8.83 Å². The van der Waals surface area contributed by atoms with Crippen LogP contribution in [-0.4, -0.2) is 10.9 Å². The van der Waals surface area contributed by atoms with Crippen LogP contribution in [0.2, 0.25) is 0 Å². The van der Waals surface area contributed by atoms with Gasteiger partial charge in [0.1, 0.15) is 17.1 Å². The van der Waals surface area contributed by atoms with Crippen molar-refractivity contribution in [1.29, 1.82) is 0 Å². The predicted molar refractivity (Wildman–Crippen MR) is 118 cm³/mol. The van der Waals surface area contributed by atoms with E-state index in [1.807, 2.05) is 44.2 Å². The summed E-state index contributed by atoms with van der Waals surface area (Å²) in [7, 11) is 0. The molecule has 0 fully saturated rings. The molecule has 2 aromatic heterocycles. The number of aromatic hydroxyl groups is 1. The van der Waals surface area contributed by atoms with Crippen molar-refractivity contribution in [3.05, 3.63) is 70.8 Å². The lowest BCUT2D eigenvalue weighted by molar-refractivity contribution is 0.0925. The zero-order valence-electron chi connectivity index (χ0n) is 17.1. The maximum absolute atomic E-state index is 13.2. The number of benzene rings is 2. The van der Waals surface area contributed by atoms with Crippen LogP contribution in [0.5, 0.6) is 5.75 Å². The van der Waals surface area contributed by atoms with Crippen molar-refractivity contribution >= 4 is 33.3 Å². The molecule has 1 atom stereocenters. The van der Waals surface area contributed by atoms with Gasteiger partial charge < -0.3 is 13.9 Å². The van der Waals surface area contributed by atoms with Gasteiger partial charge in [-0.2, -0.15) is 0 Å². The summed E-state index contributed by atoms with van der Waals surface area (Å²) in [6.45, 7) is 9.40. The quantitative estimate of drug-likeness (QED) is 0.319. The van der Waals surface area contributed by atoms with Gasteiger partial charge in [0.15, 0.2) is 16.9 Å². The molecule has 1 unspecified atom stereocenters. The fourth-order valence-electron chi connectivity index (χ4n) is 3.61. The van der Waals surface area contributed by atoms with Crippen molar-refractivity contribution < 1.29 is 18.7 Å². The Morgan fingerprint density at radius 1 is 1.13 bits per heavy atom. The molecule has 0 radical (unpaired) electrons. The molecule has 0 aliphatic rings. The summed E-state index contributed by atoms with van der Waals surface area (Å²) in [6, 6.07) is 12.2. The normalized spacial score (nSPS) is 12.4. The second-order valence-electron chi connectivity index (χ2n) is 7.58. The molecule has 152 valence electrons. The molecule has 4 rings (SSSR count). The third-order valence-electron chi connectivity index (χ3n) is 5.45. The second kappa shape index (κ2) is 7.34. The van der Waals surface area contributed by atoms with Gasteiger partial charge in [0.05, 0.1) is 10.8 Å². The van der Waals surface area contributed by atoms with Gasteiger partial charge in [-0.15, -0.1) is 0 Å². The number of carbonyl (C=O) groups excluding carboxylic acids is 1. The summed E-state index contributed by atoms with van der Waals surface area (Å²) in [5.41, 5.74) is 1.82. The van der Waals surface area contributed by atoms with Crippen LogP contribution in [0.3, 0.4) is 0 Å². The molecule has 0 saturated carbocycles. The first-order valence-corrected chi connectivity index (χ1v) is 9.85. The molecule has 30 heavy (non-hydrogen) atoms. The SMILES string of the molecule is C=C(C)c1cc2c(o1)c(C(=O)C(C)CC)c(O)c1c(-c3ccccc3)cc(=O)oc12. The van der Waals surface area contributed by atoms with Crippen molar-refractivity contribution in [2.24, 2.45) is 5.92 Å². The van der Waals surface area contributed by atoms with E-state index in [0.29, 0.717) is 34.1 Å². The number of hydrogen-bond donors (Lipinski definition) is 1. The minimum atomic E-state index is -0.555. The van der Waals surface area contributed by atoms with Crippen LogP contribution in [0, 0.1) is 5.92 Å². The topological polar surface area (TPSA) is 80.6 Å². The Bertz CT molecular complexity index is 1360. The lowest BCUT2D eigenvalue weighted by Gasteiger charge is -2.14. The van der Waals surface area contributed by atoms with Crippen LogP contribution in [0.25, 0.3) is 38.6 Å². The maximum Gasteiger partial charge on any atom is 0.336 e. The van der Waals surface area contributed by atoms with E-state index < -0.39 is 5.63 Å². The van der Waals surface area contributed by atoms with Gasteiger partial charge in [0, 0.05) is 17.5 Å². The molecule has 0 bridgehead atoms. The Hall–Kier alpha value is -3.60. The first kappa shape index (κ1) is 19.7. The molecule has 4 aromatic rings. The molecule has 2 aromatic carbocycles. The number of phenolic OH excluding ortho intramolecular Hbond substituents is 1. The smallest absolute Gasteiger partial charge is 0.336 e.